The van der Waals surface area contributed by atoms with Gasteiger partial charge in [-0.1, -0.05) is 0 Å². The van der Waals surface area contributed by atoms with Crippen molar-refractivity contribution in [3.05, 3.63) is 77.9 Å². The lowest BCUT2D eigenvalue weighted by atomic mass is 10.1. The van der Waals surface area contributed by atoms with Crippen molar-refractivity contribution in [3.8, 4) is 17.6 Å². The molecule has 0 saturated heterocycles. The first-order valence-corrected chi connectivity index (χ1v) is 9.16. The fraction of sp³-hybridized carbons (Fsp3) is 0.0455. The summed E-state index contributed by atoms with van der Waals surface area (Å²) in [4.78, 5) is 11.0. The molecule has 0 saturated carbocycles. The normalized spacial score (nSPS) is 10.5. The molecule has 154 valence electrons. The van der Waals surface area contributed by atoms with Crippen LogP contribution in [-0.4, -0.2) is 20.8 Å². The lowest BCUT2D eigenvalue weighted by Gasteiger charge is -2.12. The van der Waals surface area contributed by atoms with E-state index < -0.39 is 6.09 Å². The number of nitrogens with zero attached hydrogens (tertiary/aromatic N) is 3. The van der Waals surface area contributed by atoms with Gasteiger partial charge in [-0.3, -0.25) is 5.32 Å². The summed E-state index contributed by atoms with van der Waals surface area (Å²) < 4.78 is 20.2. The molecule has 0 spiro atoms. The first-order chi connectivity index (χ1) is 14.9. The molecule has 0 aliphatic rings. The second-order valence-electron chi connectivity index (χ2n) is 6.64. The summed E-state index contributed by atoms with van der Waals surface area (Å²) in [6.07, 6.45) is 1.77. The van der Waals surface area contributed by atoms with Gasteiger partial charge < -0.3 is 15.2 Å². The molecule has 8 nitrogen and oxygen atoms in total. The molecule has 2 aromatic heterocycles. The quantitative estimate of drug-likeness (QED) is 0.407. The Hall–Kier alpha value is -4.58. The first-order valence-electron chi connectivity index (χ1n) is 9.16. The highest BCUT2D eigenvalue weighted by atomic mass is 19.1. The van der Waals surface area contributed by atoms with Crippen LogP contribution in [0.15, 0.2) is 60.9 Å². The van der Waals surface area contributed by atoms with E-state index in [1.54, 1.807) is 37.4 Å². The number of rotatable bonds is 5. The van der Waals surface area contributed by atoms with E-state index in [9.17, 15) is 14.4 Å². The zero-order valence-electron chi connectivity index (χ0n) is 16.3. The number of hydrogen-bond donors (Lipinski definition) is 3. The Morgan fingerprint density at radius 2 is 1.81 bits per heavy atom. The van der Waals surface area contributed by atoms with Crippen LogP contribution in [-0.2, 0) is 0 Å². The van der Waals surface area contributed by atoms with Gasteiger partial charge in [-0.2, -0.15) is 10.4 Å². The average Bonchev–Trinajstić information content (AvgIpc) is 3.06. The molecule has 0 fully saturated rings. The van der Waals surface area contributed by atoms with Crippen molar-refractivity contribution >= 4 is 28.7 Å². The number of nitrogens with one attached hydrogen (secondary N) is 2. The molecule has 2 aromatic carbocycles. The van der Waals surface area contributed by atoms with Gasteiger partial charge in [0.2, 0.25) is 0 Å². The number of aromatic nitrogens is 2. The van der Waals surface area contributed by atoms with E-state index in [1.165, 1.54) is 35.0 Å². The number of aryl methyl sites for hydroxylation is 1. The largest absolute Gasteiger partial charge is 0.465 e. The molecule has 9 heteroatoms. The Labute approximate surface area is 176 Å². The second-order valence-corrected chi connectivity index (χ2v) is 6.64. The minimum Gasteiger partial charge on any atom is -0.465 e. The van der Waals surface area contributed by atoms with Crippen molar-refractivity contribution in [2.24, 2.45) is 0 Å². The number of carbonyl (C=O) groups is 1. The monoisotopic (exact) mass is 417 g/mol. The van der Waals surface area contributed by atoms with Crippen LogP contribution in [0.3, 0.4) is 0 Å². The average molecular weight is 417 g/mol. The third-order valence-corrected chi connectivity index (χ3v) is 4.59. The molecule has 1 amide bonds. The third-order valence-electron chi connectivity index (χ3n) is 4.59. The SMILES string of the molecule is Cc1c(NC(=O)O)cn2ncc(C#N)c(Nc3ccc(Oc4ccc(F)cc4)cc3)c12. The van der Waals surface area contributed by atoms with E-state index in [0.717, 1.165) is 0 Å². The van der Waals surface area contributed by atoms with Gasteiger partial charge in [0, 0.05) is 11.3 Å². The Morgan fingerprint density at radius 1 is 1.16 bits per heavy atom. The smallest absolute Gasteiger partial charge is 0.409 e. The van der Waals surface area contributed by atoms with Crippen LogP contribution < -0.4 is 15.4 Å². The summed E-state index contributed by atoms with van der Waals surface area (Å²) in [7, 11) is 0. The topological polar surface area (TPSA) is 112 Å². The van der Waals surface area contributed by atoms with E-state index >= 15 is 0 Å². The van der Waals surface area contributed by atoms with Gasteiger partial charge in [0.15, 0.2) is 0 Å². The highest BCUT2D eigenvalue weighted by Crippen LogP contribution is 2.33. The minimum atomic E-state index is -1.19. The zero-order valence-corrected chi connectivity index (χ0v) is 16.3. The van der Waals surface area contributed by atoms with Gasteiger partial charge in [-0.05, 0) is 55.5 Å². The highest BCUT2D eigenvalue weighted by Gasteiger charge is 2.17. The van der Waals surface area contributed by atoms with Crippen LogP contribution in [0.2, 0.25) is 0 Å². The van der Waals surface area contributed by atoms with E-state index in [2.05, 4.69) is 21.8 Å². The summed E-state index contributed by atoms with van der Waals surface area (Å²) in [6, 6.07) is 14.8. The number of nitriles is 1. The molecule has 0 aliphatic carbocycles. The van der Waals surface area contributed by atoms with Crippen molar-refractivity contribution in [2.75, 3.05) is 10.6 Å². The molecule has 4 rings (SSSR count). The van der Waals surface area contributed by atoms with Gasteiger partial charge in [0.25, 0.3) is 0 Å². The lowest BCUT2D eigenvalue weighted by molar-refractivity contribution is 0.209. The summed E-state index contributed by atoms with van der Waals surface area (Å²) in [6.45, 7) is 1.74. The van der Waals surface area contributed by atoms with Crippen molar-refractivity contribution in [2.45, 2.75) is 6.92 Å². The van der Waals surface area contributed by atoms with Gasteiger partial charge in [0.1, 0.15) is 23.4 Å². The van der Waals surface area contributed by atoms with Crippen LogP contribution in [0.25, 0.3) is 5.52 Å². The van der Waals surface area contributed by atoms with Crippen molar-refractivity contribution in [3.63, 3.8) is 0 Å². The van der Waals surface area contributed by atoms with Crippen molar-refractivity contribution in [1.29, 1.82) is 5.26 Å². The number of anilines is 3. The lowest BCUT2D eigenvalue weighted by Crippen LogP contribution is -2.07. The van der Waals surface area contributed by atoms with Gasteiger partial charge in [0.05, 0.1) is 34.8 Å². The standard InChI is InChI=1S/C22H16FN5O3/c1-13-19(27-22(29)30)12-28-21(13)20(14(10-24)11-25-28)26-16-4-8-18(9-5-16)31-17-6-2-15(23)3-7-17/h2-9,11-12,26-27H,1H3,(H,29,30). The number of ether oxygens (including phenoxy) is 1. The molecule has 4 aromatic rings. The second kappa shape index (κ2) is 8.04. The number of carboxylic acid groups (broad SMARTS) is 1. The van der Waals surface area contributed by atoms with Crippen LogP contribution in [0.4, 0.5) is 26.2 Å². The molecule has 0 radical (unpaired) electrons. The van der Waals surface area contributed by atoms with Gasteiger partial charge in [-0.15, -0.1) is 0 Å². The summed E-state index contributed by atoms with van der Waals surface area (Å²) >= 11 is 0. The Kier molecular flexibility index (Phi) is 5.12. The molecule has 31 heavy (non-hydrogen) atoms. The number of hydrogen-bond acceptors (Lipinski definition) is 5. The number of amides is 1. The summed E-state index contributed by atoms with van der Waals surface area (Å²) in [5.74, 6) is 0.725. The molecular formula is C22H16FN5O3. The van der Waals surface area contributed by atoms with E-state index in [4.69, 9.17) is 9.84 Å². The fourth-order valence-electron chi connectivity index (χ4n) is 3.13. The molecule has 0 bridgehead atoms. The third kappa shape index (κ3) is 4.09. The molecular weight excluding hydrogens is 401 g/mol. The fourth-order valence-corrected chi connectivity index (χ4v) is 3.13. The van der Waals surface area contributed by atoms with E-state index in [1.807, 2.05) is 0 Å². The predicted molar refractivity (Wildman–Crippen MR) is 112 cm³/mol. The minimum absolute atomic E-state index is 0.308. The molecule has 0 unspecified atom stereocenters. The van der Waals surface area contributed by atoms with Crippen LogP contribution in [0.5, 0.6) is 11.5 Å². The maximum absolute atomic E-state index is 13.0. The Morgan fingerprint density at radius 3 is 2.42 bits per heavy atom. The van der Waals surface area contributed by atoms with Gasteiger partial charge >= 0.3 is 6.09 Å². The zero-order chi connectivity index (χ0) is 22.0. The maximum Gasteiger partial charge on any atom is 0.409 e. The van der Waals surface area contributed by atoms with Crippen LogP contribution in [0, 0.1) is 24.1 Å². The summed E-state index contributed by atoms with van der Waals surface area (Å²) in [5.41, 5.74) is 3.08. The van der Waals surface area contributed by atoms with Crippen LogP contribution >= 0.6 is 0 Å². The highest BCUT2D eigenvalue weighted by molar-refractivity contribution is 5.92. The molecule has 0 aliphatic heterocycles. The number of benzene rings is 2. The molecule has 0 atom stereocenters. The van der Waals surface area contributed by atoms with Gasteiger partial charge in [-0.25, -0.2) is 13.7 Å². The number of fused-ring (bicyclic) bond motifs is 1. The molecule has 3 N–H and O–H groups in total. The first kappa shape index (κ1) is 19.7. The van der Waals surface area contributed by atoms with Crippen LogP contribution in [0.1, 0.15) is 11.1 Å². The Bertz CT molecular complexity index is 1310. The Balaban J connectivity index is 1.64. The predicted octanol–water partition coefficient (Wildman–Crippen LogP) is 5.28. The van der Waals surface area contributed by atoms with E-state index in [0.29, 0.717) is 45.2 Å². The maximum atomic E-state index is 13.0. The number of halogens is 1. The molecule has 2 heterocycles. The van der Waals surface area contributed by atoms with Crippen molar-refractivity contribution < 1.29 is 19.0 Å². The van der Waals surface area contributed by atoms with E-state index in [-0.39, 0.29) is 5.82 Å². The van der Waals surface area contributed by atoms with Crippen molar-refractivity contribution in [1.82, 2.24) is 9.61 Å². The summed E-state index contributed by atoms with van der Waals surface area (Å²) in [5, 5.41) is 28.3.